The van der Waals surface area contributed by atoms with Crippen LogP contribution < -0.4 is 5.73 Å². The van der Waals surface area contributed by atoms with Crippen molar-refractivity contribution in [2.24, 2.45) is 0 Å². The van der Waals surface area contributed by atoms with Crippen LogP contribution in [-0.4, -0.2) is 4.98 Å². The molecule has 0 fully saturated rings. The number of thiazole rings is 1. The number of nitrogen functional groups attached to an aromatic ring is 1. The Morgan fingerprint density at radius 3 is 2.55 bits per heavy atom. The van der Waals surface area contributed by atoms with Gasteiger partial charge in [0.05, 0.1) is 10.2 Å². The maximum Gasteiger partial charge on any atom is 0.124 e. The molecule has 0 amide bonds. The second-order valence-electron chi connectivity index (χ2n) is 4.20. The van der Waals surface area contributed by atoms with Crippen LogP contribution in [0.2, 0.25) is 0 Å². The molecule has 2 aromatic carbocycles. The zero-order valence-corrected chi connectivity index (χ0v) is 14.2. The van der Waals surface area contributed by atoms with E-state index in [0.717, 1.165) is 31.8 Å². The first-order valence-electron chi connectivity index (χ1n) is 6.56. The molecule has 2 nitrogen and oxygen atoms in total. The van der Waals surface area contributed by atoms with E-state index >= 15 is 0 Å². The van der Waals surface area contributed by atoms with Crippen LogP contribution in [0.5, 0.6) is 0 Å². The lowest BCUT2D eigenvalue weighted by molar-refractivity contribution is 1.43. The summed E-state index contributed by atoms with van der Waals surface area (Å²) in [5.41, 5.74) is 9.91. The summed E-state index contributed by atoms with van der Waals surface area (Å²) in [5, 5.41) is 1.03. The van der Waals surface area contributed by atoms with Crippen molar-refractivity contribution in [2.45, 2.75) is 20.8 Å². The molecule has 0 radical (unpaired) electrons. The number of nitrogens with zero attached hydrogens (tertiary/aromatic N) is 1. The van der Waals surface area contributed by atoms with Gasteiger partial charge in [-0.05, 0) is 48.9 Å². The molecule has 2 N–H and O–H groups in total. The van der Waals surface area contributed by atoms with Gasteiger partial charge in [-0.25, -0.2) is 4.98 Å². The van der Waals surface area contributed by atoms with Crippen molar-refractivity contribution >= 4 is 43.2 Å². The third kappa shape index (κ3) is 3.02. The number of aromatic nitrogens is 1. The fraction of sp³-hybridized carbons (Fsp3) is 0.188. The van der Waals surface area contributed by atoms with E-state index in [4.69, 9.17) is 5.73 Å². The summed E-state index contributed by atoms with van der Waals surface area (Å²) in [4.78, 5) is 4.65. The largest absolute Gasteiger partial charge is 0.399 e. The number of rotatable bonds is 1. The van der Waals surface area contributed by atoms with Crippen LogP contribution in [0.15, 0.2) is 40.9 Å². The Balaban J connectivity index is 0.000000704. The van der Waals surface area contributed by atoms with Crippen molar-refractivity contribution < 1.29 is 0 Å². The normalized spacial score (nSPS) is 10.2. The molecule has 0 saturated carbocycles. The summed E-state index contributed by atoms with van der Waals surface area (Å²) in [7, 11) is 0. The fourth-order valence-corrected chi connectivity index (χ4v) is 3.34. The Morgan fingerprint density at radius 1 is 1.10 bits per heavy atom. The predicted octanol–water partition coefficient (Wildman–Crippen LogP) is 5.64. The van der Waals surface area contributed by atoms with Gasteiger partial charge in [-0.2, -0.15) is 0 Å². The average molecular weight is 349 g/mol. The van der Waals surface area contributed by atoms with Gasteiger partial charge in [0.25, 0.3) is 0 Å². The molecule has 104 valence electrons. The SMILES string of the molecule is CC.Cc1cc(-c2nc3ccc(Br)cc3s2)ccc1N. The van der Waals surface area contributed by atoms with E-state index < -0.39 is 0 Å². The maximum atomic E-state index is 5.84. The molecule has 0 bridgehead atoms. The quantitative estimate of drug-likeness (QED) is 0.577. The number of nitrogens with two attached hydrogens (primary N) is 1. The van der Waals surface area contributed by atoms with E-state index in [1.807, 2.05) is 45.0 Å². The summed E-state index contributed by atoms with van der Waals surface area (Å²) in [6, 6.07) is 12.2. The first kappa shape index (κ1) is 15.0. The highest BCUT2D eigenvalue weighted by Gasteiger charge is 2.07. The van der Waals surface area contributed by atoms with Gasteiger partial charge < -0.3 is 5.73 Å². The molecule has 0 aliphatic carbocycles. The van der Waals surface area contributed by atoms with Gasteiger partial charge in [0.2, 0.25) is 0 Å². The molecule has 0 aliphatic rings. The van der Waals surface area contributed by atoms with Crippen LogP contribution in [0, 0.1) is 6.92 Å². The Morgan fingerprint density at radius 2 is 1.85 bits per heavy atom. The number of halogens is 1. The van der Waals surface area contributed by atoms with E-state index in [-0.39, 0.29) is 0 Å². The number of hydrogen-bond donors (Lipinski definition) is 1. The van der Waals surface area contributed by atoms with Crippen LogP contribution in [0.1, 0.15) is 19.4 Å². The molecule has 0 atom stereocenters. The monoisotopic (exact) mass is 348 g/mol. The Bertz CT molecular complexity index is 734. The van der Waals surface area contributed by atoms with Crippen molar-refractivity contribution in [3.05, 3.63) is 46.4 Å². The average Bonchev–Trinajstić information content (AvgIpc) is 2.87. The minimum Gasteiger partial charge on any atom is -0.399 e. The van der Waals surface area contributed by atoms with Crippen molar-refractivity contribution in [3.63, 3.8) is 0 Å². The summed E-state index contributed by atoms with van der Waals surface area (Å²) < 4.78 is 2.27. The topological polar surface area (TPSA) is 38.9 Å². The smallest absolute Gasteiger partial charge is 0.124 e. The first-order valence-corrected chi connectivity index (χ1v) is 8.17. The molecule has 1 aromatic heterocycles. The zero-order valence-electron chi connectivity index (χ0n) is 11.8. The molecule has 0 saturated heterocycles. The van der Waals surface area contributed by atoms with Gasteiger partial charge in [-0.1, -0.05) is 29.8 Å². The minimum absolute atomic E-state index is 0.822. The maximum absolute atomic E-state index is 5.84. The number of aryl methyl sites for hydroxylation is 1. The van der Waals surface area contributed by atoms with Crippen molar-refractivity contribution in [3.8, 4) is 10.6 Å². The van der Waals surface area contributed by atoms with Crippen molar-refractivity contribution in [2.75, 3.05) is 5.73 Å². The molecule has 0 unspecified atom stereocenters. The molecule has 3 rings (SSSR count). The number of benzene rings is 2. The molecule has 20 heavy (non-hydrogen) atoms. The lowest BCUT2D eigenvalue weighted by Gasteiger charge is -2.01. The molecular weight excluding hydrogens is 332 g/mol. The highest BCUT2D eigenvalue weighted by molar-refractivity contribution is 9.10. The third-order valence-corrected chi connectivity index (χ3v) is 4.43. The van der Waals surface area contributed by atoms with Crippen LogP contribution in [-0.2, 0) is 0 Å². The second kappa shape index (κ2) is 6.37. The van der Waals surface area contributed by atoms with E-state index in [2.05, 4.69) is 33.0 Å². The standard InChI is InChI=1S/C14H11BrN2S.C2H6/c1-8-6-9(2-4-11(8)16)14-17-12-5-3-10(15)7-13(12)18-14;1-2/h2-7H,16H2,1H3;1-2H3. The Hall–Kier alpha value is -1.39. The van der Waals surface area contributed by atoms with Crippen LogP contribution in [0.4, 0.5) is 5.69 Å². The second-order valence-corrected chi connectivity index (χ2v) is 6.15. The van der Waals surface area contributed by atoms with Crippen LogP contribution >= 0.6 is 27.3 Å². The molecule has 0 aliphatic heterocycles. The number of anilines is 1. The van der Waals surface area contributed by atoms with Gasteiger partial charge in [0.15, 0.2) is 0 Å². The molecule has 0 spiro atoms. The number of hydrogen-bond acceptors (Lipinski definition) is 3. The fourth-order valence-electron chi connectivity index (χ4n) is 1.83. The van der Waals surface area contributed by atoms with Crippen LogP contribution in [0.25, 0.3) is 20.8 Å². The van der Waals surface area contributed by atoms with Crippen molar-refractivity contribution in [1.82, 2.24) is 4.98 Å². The highest BCUT2D eigenvalue weighted by atomic mass is 79.9. The zero-order chi connectivity index (χ0) is 14.7. The van der Waals surface area contributed by atoms with Gasteiger partial charge in [0.1, 0.15) is 5.01 Å². The number of fused-ring (bicyclic) bond motifs is 1. The highest BCUT2D eigenvalue weighted by Crippen LogP contribution is 2.32. The molecule has 3 aromatic rings. The Labute approximate surface area is 131 Å². The van der Waals surface area contributed by atoms with E-state index in [0.29, 0.717) is 0 Å². The first-order chi connectivity index (χ1) is 9.63. The molecule has 1 heterocycles. The van der Waals surface area contributed by atoms with Gasteiger partial charge in [-0.15, -0.1) is 11.3 Å². The summed E-state index contributed by atoms with van der Waals surface area (Å²) in [6.45, 7) is 6.02. The summed E-state index contributed by atoms with van der Waals surface area (Å²) in [5.74, 6) is 0. The molecule has 4 heteroatoms. The lowest BCUT2D eigenvalue weighted by atomic mass is 10.1. The summed E-state index contributed by atoms with van der Waals surface area (Å²) in [6.07, 6.45) is 0. The van der Waals surface area contributed by atoms with E-state index in [1.54, 1.807) is 11.3 Å². The van der Waals surface area contributed by atoms with E-state index in [1.165, 1.54) is 4.70 Å². The van der Waals surface area contributed by atoms with E-state index in [9.17, 15) is 0 Å². The minimum atomic E-state index is 0.822. The van der Waals surface area contributed by atoms with Crippen molar-refractivity contribution in [1.29, 1.82) is 0 Å². The lowest BCUT2D eigenvalue weighted by Crippen LogP contribution is -1.89. The summed E-state index contributed by atoms with van der Waals surface area (Å²) >= 11 is 5.18. The van der Waals surface area contributed by atoms with Gasteiger partial charge in [-0.3, -0.25) is 0 Å². The third-order valence-electron chi connectivity index (χ3n) is 2.87. The van der Waals surface area contributed by atoms with Gasteiger partial charge in [0, 0.05) is 15.7 Å². The van der Waals surface area contributed by atoms with Gasteiger partial charge >= 0.3 is 0 Å². The Kier molecular flexibility index (Phi) is 4.78. The molecular formula is C16H17BrN2S. The predicted molar refractivity (Wildman–Crippen MR) is 93.3 cm³/mol. The van der Waals surface area contributed by atoms with Crippen LogP contribution in [0.3, 0.4) is 0 Å².